The second kappa shape index (κ2) is 6.25. The van der Waals surface area contributed by atoms with E-state index in [2.05, 4.69) is 21.0 Å². The third kappa shape index (κ3) is 3.50. The van der Waals surface area contributed by atoms with Gasteiger partial charge in [0.1, 0.15) is 5.75 Å². The van der Waals surface area contributed by atoms with Crippen molar-refractivity contribution >= 4 is 27.5 Å². The molecule has 0 fully saturated rings. The molecule has 0 bridgehead atoms. The van der Waals surface area contributed by atoms with Crippen molar-refractivity contribution in [1.82, 2.24) is 9.78 Å². The molecule has 0 saturated heterocycles. The monoisotopic (exact) mass is 328 g/mol. The van der Waals surface area contributed by atoms with Gasteiger partial charge in [-0.25, -0.2) is 0 Å². The lowest BCUT2D eigenvalue weighted by molar-refractivity contribution is 0.322. The molecule has 3 nitrogen and oxygen atoms in total. The van der Waals surface area contributed by atoms with Gasteiger partial charge >= 0.3 is 0 Å². The predicted octanol–water partition coefficient (Wildman–Crippen LogP) is 3.59. The summed E-state index contributed by atoms with van der Waals surface area (Å²) in [6.07, 6.45) is 4.65. The minimum absolute atomic E-state index is 0.596. The highest BCUT2D eigenvalue weighted by Crippen LogP contribution is 2.26. The van der Waals surface area contributed by atoms with Crippen molar-refractivity contribution in [3.63, 3.8) is 0 Å². The van der Waals surface area contributed by atoms with Crippen LogP contribution in [0.15, 0.2) is 30.6 Å². The third-order valence-electron chi connectivity index (χ3n) is 2.56. The van der Waals surface area contributed by atoms with E-state index in [1.165, 1.54) is 0 Å². The summed E-state index contributed by atoms with van der Waals surface area (Å²) >= 11 is 9.52. The van der Waals surface area contributed by atoms with Gasteiger partial charge in [-0.1, -0.05) is 33.6 Å². The molecule has 0 radical (unpaired) electrons. The van der Waals surface area contributed by atoms with Crippen LogP contribution in [-0.2, 0) is 18.8 Å². The highest BCUT2D eigenvalue weighted by atomic mass is 79.9. The maximum Gasteiger partial charge on any atom is 0.137 e. The highest BCUT2D eigenvalue weighted by molar-refractivity contribution is 9.08. The maximum absolute atomic E-state index is 6.13. The molecule has 18 heavy (non-hydrogen) atoms. The first-order valence-electron chi connectivity index (χ1n) is 5.64. The molecule has 1 heterocycles. The molecule has 0 aliphatic heterocycles. The average Bonchev–Trinajstić information content (AvgIpc) is 2.77. The van der Waals surface area contributed by atoms with E-state index in [0.29, 0.717) is 11.6 Å². The summed E-state index contributed by atoms with van der Waals surface area (Å²) in [5.74, 6) is 0.727. The first-order chi connectivity index (χ1) is 8.69. The first-order valence-corrected chi connectivity index (χ1v) is 7.13. The number of hydrogen-bond donors (Lipinski definition) is 0. The van der Waals surface area contributed by atoms with Crippen LogP contribution in [-0.4, -0.2) is 16.4 Å². The van der Waals surface area contributed by atoms with Gasteiger partial charge in [-0.15, -0.1) is 0 Å². The van der Waals surface area contributed by atoms with Crippen LogP contribution < -0.4 is 4.74 Å². The number of halogens is 2. The summed E-state index contributed by atoms with van der Waals surface area (Å²) in [4.78, 5) is 0. The number of rotatable bonds is 5. The van der Waals surface area contributed by atoms with Crippen molar-refractivity contribution in [2.24, 2.45) is 7.05 Å². The minimum Gasteiger partial charge on any atom is -0.492 e. The van der Waals surface area contributed by atoms with Crippen LogP contribution in [0.4, 0.5) is 0 Å². The molecule has 0 N–H and O–H groups in total. The summed E-state index contributed by atoms with van der Waals surface area (Å²) in [6, 6.07) is 5.82. The summed E-state index contributed by atoms with van der Waals surface area (Å²) in [5.41, 5.74) is 2.30. The van der Waals surface area contributed by atoms with E-state index in [4.69, 9.17) is 16.3 Å². The molecule has 0 spiro atoms. The van der Waals surface area contributed by atoms with Crippen molar-refractivity contribution in [2.45, 2.75) is 11.8 Å². The molecule has 0 aliphatic rings. The Kier molecular flexibility index (Phi) is 4.66. The first kappa shape index (κ1) is 13.4. The SMILES string of the molecule is Cn1cc(CCOc2ccc(CBr)cc2Cl)cn1. The quantitative estimate of drug-likeness (QED) is 0.784. The lowest BCUT2D eigenvalue weighted by Gasteiger charge is -2.08. The fourth-order valence-corrected chi connectivity index (χ4v) is 2.23. The van der Waals surface area contributed by atoms with E-state index in [1.807, 2.05) is 37.6 Å². The number of ether oxygens (including phenoxy) is 1. The molecular formula is C13H14BrClN2O. The Morgan fingerprint density at radius 1 is 1.39 bits per heavy atom. The Labute approximate surface area is 120 Å². The lowest BCUT2D eigenvalue weighted by Crippen LogP contribution is -2.01. The van der Waals surface area contributed by atoms with Crippen LogP contribution in [0.5, 0.6) is 5.75 Å². The molecule has 5 heteroatoms. The molecule has 2 aromatic rings. The smallest absolute Gasteiger partial charge is 0.137 e. The molecule has 0 unspecified atom stereocenters. The number of hydrogen-bond acceptors (Lipinski definition) is 2. The molecule has 0 amide bonds. The van der Waals surface area contributed by atoms with Gasteiger partial charge in [-0.05, 0) is 23.3 Å². The highest BCUT2D eigenvalue weighted by Gasteiger charge is 2.03. The molecule has 1 aromatic heterocycles. The number of aryl methyl sites for hydroxylation is 1. The number of aromatic nitrogens is 2. The van der Waals surface area contributed by atoms with Crippen LogP contribution in [0.3, 0.4) is 0 Å². The van der Waals surface area contributed by atoms with Gasteiger partial charge in [0.25, 0.3) is 0 Å². The van der Waals surface area contributed by atoms with Crippen molar-refractivity contribution in [3.8, 4) is 5.75 Å². The second-order valence-electron chi connectivity index (χ2n) is 4.02. The van der Waals surface area contributed by atoms with Crippen LogP contribution in [0.2, 0.25) is 5.02 Å². The van der Waals surface area contributed by atoms with Crippen LogP contribution in [0.1, 0.15) is 11.1 Å². The van der Waals surface area contributed by atoms with Gasteiger partial charge in [0, 0.05) is 25.0 Å². The van der Waals surface area contributed by atoms with Gasteiger partial charge in [0.15, 0.2) is 0 Å². The fraction of sp³-hybridized carbons (Fsp3) is 0.308. The zero-order valence-corrected chi connectivity index (χ0v) is 12.4. The van der Waals surface area contributed by atoms with Crippen molar-refractivity contribution < 1.29 is 4.74 Å². The van der Waals surface area contributed by atoms with E-state index >= 15 is 0 Å². The van der Waals surface area contributed by atoms with Gasteiger partial charge in [0.05, 0.1) is 17.8 Å². The summed E-state index contributed by atoms with van der Waals surface area (Å²) in [6.45, 7) is 0.596. The predicted molar refractivity (Wildman–Crippen MR) is 76.5 cm³/mol. The molecule has 1 aromatic carbocycles. The summed E-state index contributed by atoms with van der Waals surface area (Å²) in [5, 5.41) is 5.56. The van der Waals surface area contributed by atoms with Gasteiger partial charge < -0.3 is 4.74 Å². The van der Waals surface area contributed by atoms with E-state index in [0.717, 1.165) is 28.6 Å². The molecule has 0 saturated carbocycles. The molecule has 2 rings (SSSR count). The van der Waals surface area contributed by atoms with Crippen LogP contribution in [0.25, 0.3) is 0 Å². The number of alkyl halides is 1. The maximum atomic E-state index is 6.13. The zero-order valence-electron chi connectivity index (χ0n) is 10.1. The standard InChI is InChI=1S/C13H14BrClN2O/c1-17-9-11(8-16-17)4-5-18-13-3-2-10(7-14)6-12(13)15/h2-3,6,8-9H,4-5,7H2,1H3. The molecular weight excluding hydrogens is 316 g/mol. The van der Waals surface area contributed by atoms with E-state index < -0.39 is 0 Å². The Bertz CT molecular complexity index is 527. The largest absolute Gasteiger partial charge is 0.492 e. The Hall–Kier alpha value is -1.00. The fourth-order valence-electron chi connectivity index (χ4n) is 1.62. The average molecular weight is 330 g/mol. The van der Waals surface area contributed by atoms with Gasteiger partial charge in [-0.2, -0.15) is 5.10 Å². The summed E-state index contributed by atoms with van der Waals surface area (Å²) < 4.78 is 7.45. The van der Waals surface area contributed by atoms with Crippen molar-refractivity contribution in [1.29, 1.82) is 0 Å². The Balaban J connectivity index is 1.90. The van der Waals surface area contributed by atoms with Crippen LogP contribution >= 0.6 is 27.5 Å². The normalized spacial score (nSPS) is 10.6. The summed E-state index contributed by atoms with van der Waals surface area (Å²) in [7, 11) is 1.90. The second-order valence-corrected chi connectivity index (χ2v) is 4.99. The van der Waals surface area contributed by atoms with Crippen molar-refractivity contribution in [2.75, 3.05) is 6.61 Å². The minimum atomic E-state index is 0.596. The zero-order chi connectivity index (χ0) is 13.0. The Morgan fingerprint density at radius 2 is 2.22 bits per heavy atom. The number of benzene rings is 1. The van der Waals surface area contributed by atoms with E-state index in [-0.39, 0.29) is 0 Å². The molecule has 0 aliphatic carbocycles. The van der Waals surface area contributed by atoms with Gasteiger partial charge in [-0.3, -0.25) is 4.68 Å². The topological polar surface area (TPSA) is 27.1 Å². The third-order valence-corrected chi connectivity index (χ3v) is 3.50. The number of nitrogens with zero attached hydrogens (tertiary/aromatic N) is 2. The molecule has 96 valence electrons. The Morgan fingerprint density at radius 3 is 2.83 bits per heavy atom. The van der Waals surface area contributed by atoms with Crippen molar-refractivity contribution in [3.05, 3.63) is 46.7 Å². The van der Waals surface area contributed by atoms with Crippen LogP contribution in [0, 0.1) is 0 Å². The lowest BCUT2D eigenvalue weighted by atomic mass is 10.2. The molecule has 0 atom stereocenters. The van der Waals surface area contributed by atoms with E-state index in [1.54, 1.807) is 4.68 Å². The van der Waals surface area contributed by atoms with E-state index in [9.17, 15) is 0 Å². The van der Waals surface area contributed by atoms with Gasteiger partial charge in [0.2, 0.25) is 0 Å².